The molecule has 0 N–H and O–H groups in total. The minimum Gasteiger partial charge on any atom is -0.633 e. The molecular formula is C6H9O4S2W-. The molecule has 0 saturated carbocycles. The first kappa shape index (κ1) is 15.8. The molecule has 0 spiro atoms. The number of carbonyl (C=O) groups excluding carboxylic acids is 2. The van der Waals surface area contributed by atoms with E-state index < -0.39 is 11.9 Å². The van der Waals surface area contributed by atoms with E-state index in [0.717, 1.165) is 6.61 Å². The quantitative estimate of drug-likeness (QED) is 0.301. The van der Waals surface area contributed by atoms with Crippen LogP contribution in [-0.4, -0.2) is 30.1 Å². The molecule has 76 valence electrons. The molecular weight excluding hydrogens is 384 g/mol. The smallest absolute Gasteiger partial charge is 0.313 e. The van der Waals surface area contributed by atoms with Crippen LogP contribution in [0.5, 0.6) is 0 Å². The maximum atomic E-state index is 10.5. The fraction of sp³-hybridized carbons (Fsp3) is 0.500. The van der Waals surface area contributed by atoms with Crippen LogP contribution in [0.3, 0.4) is 0 Å². The van der Waals surface area contributed by atoms with Crippen molar-refractivity contribution in [3.63, 3.8) is 0 Å². The number of hydrogen-bond donors (Lipinski definition) is 2. The second-order valence-corrected chi connectivity index (χ2v) is 2.29. The van der Waals surface area contributed by atoms with Crippen LogP contribution < -0.4 is 0 Å². The molecule has 0 rings (SSSR count). The maximum absolute atomic E-state index is 10.5. The summed E-state index contributed by atoms with van der Waals surface area (Å²) in [5.41, 5.74) is 0. The Morgan fingerprint density at radius 2 is 1.69 bits per heavy atom. The summed E-state index contributed by atoms with van der Waals surface area (Å²) in [5, 5.41) is 0. The summed E-state index contributed by atoms with van der Waals surface area (Å²) < 4.78 is 8.96. The van der Waals surface area contributed by atoms with E-state index in [1.54, 1.807) is 0 Å². The number of carbonyl (C=O) groups is 2. The fourth-order valence-corrected chi connectivity index (χ4v) is 0.503. The number of rotatable bonds is 5. The summed E-state index contributed by atoms with van der Waals surface area (Å²) >= 11 is 7.33. The third-order valence-corrected chi connectivity index (χ3v) is 1.30. The standard InChI is InChI=1S/C6H9O4S2.W/c7-5(3-11)9-1-2-10-6(8)4-12;/h1,11-12H,2-4H2;/q-1;. The van der Waals surface area contributed by atoms with Crippen LogP contribution in [0.1, 0.15) is 0 Å². The zero-order chi connectivity index (χ0) is 9.40. The van der Waals surface area contributed by atoms with Gasteiger partial charge in [0.15, 0.2) is 0 Å². The normalized spacial score (nSPS) is 8.46. The van der Waals surface area contributed by atoms with E-state index in [9.17, 15) is 9.59 Å². The summed E-state index contributed by atoms with van der Waals surface area (Å²) in [6, 6.07) is 0. The van der Waals surface area contributed by atoms with Gasteiger partial charge in [0.1, 0.15) is 0 Å². The van der Waals surface area contributed by atoms with Crippen molar-refractivity contribution in [2.75, 3.05) is 18.1 Å². The van der Waals surface area contributed by atoms with E-state index in [0.29, 0.717) is 0 Å². The first-order valence-electron chi connectivity index (χ1n) is 3.09. The zero-order valence-corrected chi connectivity index (χ0v) is 11.4. The zero-order valence-electron chi connectivity index (χ0n) is 6.63. The van der Waals surface area contributed by atoms with Crippen molar-refractivity contribution < 1.29 is 40.1 Å². The molecule has 0 fully saturated rings. The van der Waals surface area contributed by atoms with E-state index in [-0.39, 0.29) is 39.2 Å². The number of thiol groups is 2. The van der Waals surface area contributed by atoms with Gasteiger partial charge in [-0.2, -0.15) is 25.3 Å². The van der Waals surface area contributed by atoms with Crippen LogP contribution in [0, 0.1) is 6.61 Å². The Morgan fingerprint density at radius 3 is 2.15 bits per heavy atom. The van der Waals surface area contributed by atoms with Gasteiger partial charge in [0.05, 0.1) is 11.5 Å². The van der Waals surface area contributed by atoms with Gasteiger partial charge in [-0.25, -0.2) is 0 Å². The molecule has 0 atom stereocenters. The van der Waals surface area contributed by atoms with Gasteiger partial charge >= 0.3 is 5.97 Å². The van der Waals surface area contributed by atoms with Crippen molar-refractivity contribution in [1.29, 1.82) is 0 Å². The average molecular weight is 393 g/mol. The van der Waals surface area contributed by atoms with E-state index >= 15 is 0 Å². The van der Waals surface area contributed by atoms with Crippen LogP contribution in [-0.2, 0) is 40.1 Å². The molecule has 0 saturated heterocycles. The molecule has 4 nitrogen and oxygen atoms in total. The van der Waals surface area contributed by atoms with Gasteiger partial charge in [0.25, 0.3) is 5.97 Å². The van der Waals surface area contributed by atoms with Crippen molar-refractivity contribution in [3.8, 4) is 0 Å². The van der Waals surface area contributed by atoms with Gasteiger partial charge in [-0.3, -0.25) is 9.59 Å². The molecule has 7 heteroatoms. The first-order valence-corrected chi connectivity index (χ1v) is 4.35. The second kappa shape index (κ2) is 10.4. The predicted molar refractivity (Wildman–Crippen MR) is 49.1 cm³/mol. The van der Waals surface area contributed by atoms with Gasteiger partial charge in [0.2, 0.25) is 0 Å². The Bertz CT molecular complexity index is 147. The number of hydrogen-bond acceptors (Lipinski definition) is 6. The summed E-state index contributed by atoms with van der Waals surface area (Å²) in [4.78, 5) is 20.9. The third-order valence-electron chi connectivity index (χ3n) is 0.785. The molecule has 0 aromatic carbocycles. The van der Waals surface area contributed by atoms with E-state index in [1.807, 2.05) is 0 Å². The Hall–Kier alpha value is 0.328. The number of esters is 2. The minimum atomic E-state index is -0.486. The molecule has 13 heavy (non-hydrogen) atoms. The van der Waals surface area contributed by atoms with E-state index in [1.165, 1.54) is 0 Å². The van der Waals surface area contributed by atoms with Crippen molar-refractivity contribution in [1.82, 2.24) is 0 Å². The molecule has 0 unspecified atom stereocenters. The maximum Gasteiger partial charge on any atom is 0.313 e. The first-order chi connectivity index (χ1) is 5.70. The van der Waals surface area contributed by atoms with Gasteiger partial charge in [-0.15, -0.1) is 6.61 Å². The van der Waals surface area contributed by atoms with E-state index in [2.05, 4.69) is 34.7 Å². The predicted octanol–water partition coefficient (Wildman–Crippen LogP) is 0.0917. The van der Waals surface area contributed by atoms with Gasteiger partial charge in [0, 0.05) is 27.7 Å². The summed E-state index contributed by atoms with van der Waals surface area (Å²) in [7, 11) is 0. The summed E-state index contributed by atoms with van der Waals surface area (Å²) in [6.45, 7) is 1.04. The number of ether oxygens (including phenoxy) is 2. The summed E-state index contributed by atoms with van der Waals surface area (Å²) in [6.07, 6.45) is 0. The molecule has 0 aromatic heterocycles. The average Bonchev–Trinajstić information content (AvgIpc) is 2.11. The van der Waals surface area contributed by atoms with Crippen LogP contribution >= 0.6 is 25.3 Å². The molecule has 0 aliphatic heterocycles. The molecule has 0 amide bonds. The molecule has 0 bridgehead atoms. The minimum absolute atomic E-state index is 0. The third kappa shape index (κ3) is 10.2. The van der Waals surface area contributed by atoms with Crippen molar-refractivity contribution in [2.45, 2.75) is 0 Å². The van der Waals surface area contributed by atoms with Crippen LogP contribution in [0.4, 0.5) is 0 Å². The largest absolute Gasteiger partial charge is 0.633 e. The van der Waals surface area contributed by atoms with Crippen molar-refractivity contribution in [3.05, 3.63) is 6.61 Å². The Balaban J connectivity index is 0. The Kier molecular flexibility index (Phi) is 12.6. The molecule has 0 aromatic rings. The van der Waals surface area contributed by atoms with Gasteiger partial charge in [-0.1, -0.05) is 0 Å². The van der Waals surface area contributed by atoms with Gasteiger partial charge in [-0.05, 0) is 0 Å². The Labute approximate surface area is 102 Å². The molecule has 0 heterocycles. The van der Waals surface area contributed by atoms with Crippen LogP contribution in [0.15, 0.2) is 0 Å². The van der Waals surface area contributed by atoms with Crippen molar-refractivity contribution >= 4 is 37.2 Å². The van der Waals surface area contributed by atoms with E-state index in [4.69, 9.17) is 0 Å². The Morgan fingerprint density at radius 1 is 1.15 bits per heavy atom. The SMILES string of the molecule is O=C(CS)O[CH-]COC(=O)CS.[W]. The fourth-order valence-electron chi connectivity index (χ4n) is 0.337. The molecule has 0 aliphatic rings. The van der Waals surface area contributed by atoms with Gasteiger partial charge < -0.3 is 9.47 Å². The van der Waals surface area contributed by atoms with Crippen LogP contribution in [0.2, 0.25) is 0 Å². The summed E-state index contributed by atoms with van der Waals surface area (Å²) in [5.74, 6) is -0.942. The molecule has 0 aliphatic carbocycles. The van der Waals surface area contributed by atoms with Crippen molar-refractivity contribution in [2.24, 2.45) is 0 Å². The topological polar surface area (TPSA) is 52.6 Å². The monoisotopic (exact) mass is 393 g/mol. The second-order valence-electron chi connectivity index (χ2n) is 1.66. The van der Waals surface area contributed by atoms with Crippen LogP contribution in [0.25, 0.3) is 0 Å². The molecule has 0 radical (unpaired) electrons.